The Kier molecular flexibility index (Phi) is 7.49. The van der Waals surface area contributed by atoms with Crippen molar-refractivity contribution in [2.24, 2.45) is 5.73 Å². The Labute approximate surface area is 277 Å². The molecule has 47 heavy (non-hydrogen) atoms. The zero-order chi connectivity index (χ0) is 31.6. The van der Waals surface area contributed by atoms with Crippen LogP contribution in [-0.4, -0.2) is 0 Å². The van der Waals surface area contributed by atoms with E-state index >= 15 is 0 Å². The van der Waals surface area contributed by atoms with Crippen LogP contribution in [0.4, 0.5) is 11.4 Å². The summed E-state index contributed by atoms with van der Waals surface area (Å²) < 4.78 is 0. The van der Waals surface area contributed by atoms with E-state index in [9.17, 15) is 0 Å². The molecule has 7 aromatic carbocycles. The molecule has 0 unspecified atom stereocenters. The summed E-state index contributed by atoms with van der Waals surface area (Å²) in [5.74, 6) is 0. The smallest absolute Gasteiger partial charge is 0.0713 e. The third-order valence-corrected chi connectivity index (χ3v) is 9.59. The van der Waals surface area contributed by atoms with Gasteiger partial charge in [0.15, 0.2) is 0 Å². The molecule has 2 heteroatoms. The molecular formula is C45H36N2. The zero-order valence-electron chi connectivity index (χ0n) is 26.2. The van der Waals surface area contributed by atoms with Gasteiger partial charge in [-0.2, -0.15) is 0 Å². The minimum Gasteiger partial charge on any atom is -0.355 e. The van der Waals surface area contributed by atoms with E-state index in [0.717, 1.165) is 28.9 Å². The lowest BCUT2D eigenvalue weighted by Gasteiger charge is -2.34. The van der Waals surface area contributed by atoms with Crippen LogP contribution in [0.15, 0.2) is 182 Å². The molecule has 2 nitrogen and oxygen atoms in total. The molecule has 0 amide bonds. The molecule has 0 fully saturated rings. The minimum absolute atomic E-state index is 0.0521. The monoisotopic (exact) mass is 604 g/mol. The maximum Gasteiger partial charge on any atom is 0.0713 e. The van der Waals surface area contributed by atoms with Gasteiger partial charge in [0.2, 0.25) is 0 Å². The Morgan fingerprint density at radius 1 is 0.489 bits per heavy atom. The summed E-state index contributed by atoms with van der Waals surface area (Å²) in [6, 6.07) is 65.4. The van der Waals surface area contributed by atoms with E-state index in [1.165, 1.54) is 44.5 Å². The Hall–Kier alpha value is -5.70. The molecule has 8 rings (SSSR count). The number of hydrogen-bond acceptors (Lipinski definition) is 2. The van der Waals surface area contributed by atoms with E-state index in [2.05, 4.69) is 169 Å². The van der Waals surface area contributed by atoms with Crippen LogP contribution in [0, 0.1) is 0 Å². The molecular weight excluding hydrogens is 569 g/mol. The van der Waals surface area contributed by atoms with Gasteiger partial charge in [0.25, 0.3) is 0 Å². The van der Waals surface area contributed by atoms with Crippen LogP contribution in [0.5, 0.6) is 0 Å². The number of nitrogens with one attached hydrogen (secondary N) is 1. The van der Waals surface area contributed by atoms with Gasteiger partial charge in [-0.3, -0.25) is 0 Å². The molecule has 0 heterocycles. The van der Waals surface area contributed by atoms with Crippen molar-refractivity contribution in [2.45, 2.75) is 17.9 Å². The Morgan fingerprint density at radius 3 is 1.81 bits per heavy atom. The second kappa shape index (κ2) is 12.2. The molecule has 0 saturated carbocycles. The van der Waals surface area contributed by atoms with Crippen molar-refractivity contribution in [3.63, 3.8) is 0 Å². The van der Waals surface area contributed by atoms with Crippen molar-refractivity contribution in [1.82, 2.24) is 0 Å². The maximum atomic E-state index is 6.59. The number of para-hydroxylation sites is 1. The number of anilines is 2. The first-order valence-corrected chi connectivity index (χ1v) is 16.3. The summed E-state index contributed by atoms with van der Waals surface area (Å²) in [7, 11) is 0. The predicted molar refractivity (Wildman–Crippen MR) is 196 cm³/mol. The molecule has 0 radical (unpaired) electrons. The molecule has 0 aliphatic heterocycles. The predicted octanol–water partition coefficient (Wildman–Crippen LogP) is 10.7. The molecule has 1 atom stereocenters. The van der Waals surface area contributed by atoms with Crippen LogP contribution >= 0.6 is 0 Å². The first-order valence-electron chi connectivity index (χ1n) is 16.3. The molecule has 0 spiro atoms. The summed E-state index contributed by atoms with van der Waals surface area (Å²) in [4.78, 5) is 0. The van der Waals surface area contributed by atoms with Gasteiger partial charge in [-0.25, -0.2) is 0 Å². The zero-order valence-corrected chi connectivity index (χ0v) is 26.2. The first kappa shape index (κ1) is 28.8. The second-order valence-electron chi connectivity index (χ2n) is 12.4. The van der Waals surface area contributed by atoms with E-state index in [-0.39, 0.29) is 6.04 Å². The Morgan fingerprint density at radius 2 is 1.09 bits per heavy atom. The molecule has 226 valence electrons. The Balaban J connectivity index is 1.21. The normalized spacial score (nSPS) is 13.4. The lowest BCUT2D eigenvalue weighted by atomic mass is 9.67. The quantitative estimate of drug-likeness (QED) is 0.181. The largest absolute Gasteiger partial charge is 0.355 e. The van der Waals surface area contributed by atoms with E-state index in [1.807, 2.05) is 18.2 Å². The van der Waals surface area contributed by atoms with Gasteiger partial charge in [0.1, 0.15) is 0 Å². The highest BCUT2D eigenvalue weighted by Gasteiger charge is 2.46. The third-order valence-electron chi connectivity index (χ3n) is 9.59. The summed E-state index contributed by atoms with van der Waals surface area (Å²) in [6.07, 6.45) is 0.771. The average Bonchev–Trinajstić information content (AvgIpc) is 3.43. The third kappa shape index (κ3) is 5.13. The highest BCUT2D eigenvalue weighted by atomic mass is 14.9. The van der Waals surface area contributed by atoms with Crippen LogP contribution in [0.3, 0.4) is 0 Å². The number of fused-ring (bicyclic) bond motifs is 3. The Bertz CT molecular complexity index is 2110. The second-order valence-corrected chi connectivity index (χ2v) is 12.4. The van der Waals surface area contributed by atoms with Crippen molar-refractivity contribution in [2.75, 3.05) is 5.32 Å². The van der Waals surface area contributed by atoms with E-state index < -0.39 is 5.41 Å². The highest BCUT2D eigenvalue weighted by molar-refractivity contribution is 5.90. The molecule has 0 aromatic heterocycles. The summed E-state index contributed by atoms with van der Waals surface area (Å²) in [6.45, 7) is 0. The summed E-state index contributed by atoms with van der Waals surface area (Å²) in [5, 5.41) is 3.75. The van der Waals surface area contributed by atoms with E-state index in [4.69, 9.17) is 5.73 Å². The van der Waals surface area contributed by atoms with Gasteiger partial charge in [-0.15, -0.1) is 0 Å². The van der Waals surface area contributed by atoms with Gasteiger partial charge >= 0.3 is 0 Å². The van der Waals surface area contributed by atoms with Crippen molar-refractivity contribution in [3.05, 3.63) is 215 Å². The SMILES string of the molecule is N[C@H](Cc1cccc(Nc2ccccc2-c2ccc3c(c2)C(c2ccccc2)(c2ccccc2)c2ccccc2-3)c1)c1ccccc1. The topological polar surface area (TPSA) is 38.0 Å². The minimum atomic E-state index is -0.432. The molecule has 7 aromatic rings. The first-order chi connectivity index (χ1) is 23.2. The van der Waals surface area contributed by atoms with Crippen LogP contribution < -0.4 is 11.1 Å². The number of hydrogen-bond donors (Lipinski definition) is 2. The van der Waals surface area contributed by atoms with Gasteiger partial charge in [0.05, 0.1) is 5.41 Å². The van der Waals surface area contributed by atoms with Gasteiger partial charge in [0, 0.05) is 23.0 Å². The lowest BCUT2D eigenvalue weighted by molar-refractivity contribution is 0.722. The fraction of sp³-hybridized carbons (Fsp3) is 0.0667. The van der Waals surface area contributed by atoms with Gasteiger partial charge in [-0.05, 0) is 80.8 Å². The maximum absolute atomic E-state index is 6.59. The standard InChI is InChI=1S/C45H36N2/c46-43(33-16-4-1-5-17-33)30-32-15-14-22-37(29-32)47-44-26-13-11-23-38(44)34-27-28-40-39-24-10-12-25-41(39)45(42(40)31-34,35-18-6-2-7-19-35)36-20-8-3-9-21-36/h1-29,31,43,47H,30,46H2/t43-/m1/s1. The number of benzene rings is 7. The van der Waals surface area contributed by atoms with E-state index in [1.54, 1.807) is 0 Å². The molecule has 3 N–H and O–H groups in total. The van der Waals surface area contributed by atoms with Crippen LogP contribution in [-0.2, 0) is 11.8 Å². The van der Waals surface area contributed by atoms with Crippen molar-refractivity contribution in [3.8, 4) is 22.3 Å². The number of nitrogens with two attached hydrogens (primary N) is 1. The van der Waals surface area contributed by atoms with Crippen LogP contribution in [0.1, 0.15) is 39.4 Å². The lowest BCUT2D eigenvalue weighted by Crippen LogP contribution is -2.28. The van der Waals surface area contributed by atoms with Crippen LogP contribution in [0.25, 0.3) is 22.3 Å². The molecule has 1 aliphatic carbocycles. The van der Waals surface area contributed by atoms with Crippen LogP contribution in [0.2, 0.25) is 0 Å². The molecule has 0 saturated heterocycles. The molecule has 0 bridgehead atoms. The van der Waals surface area contributed by atoms with Gasteiger partial charge in [-0.1, -0.05) is 158 Å². The fourth-order valence-corrected chi connectivity index (χ4v) is 7.46. The van der Waals surface area contributed by atoms with Crippen molar-refractivity contribution >= 4 is 11.4 Å². The van der Waals surface area contributed by atoms with Crippen molar-refractivity contribution in [1.29, 1.82) is 0 Å². The van der Waals surface area contributed by atoms with Gasteiger partial charge < -0.3 is 11.1 Å². The van der Waals surface area contributed by atoms with E-state index in [0.29, 0.717) is 0 Å². The number of rotatable bonds is 8. The average molecular weight is 605 g/mol. The summed E-state index contributed by atoms with van der Waals surface area (Å²) in [5.41, 5.74) is 20.7. The van der Waals surface area contributed by atoms with Crippen molar-refractivity contribution < 1.29 is 0 Å². The summed E-state index contributed by atoms with van der Waals surface area (Å²) >= 11 is 0. The fourth-order valence-electron chi connectivity index (χ4n) is 7.46. The highest BCUT2D eigenvalue weighted by Crippen LogP contribution is 2.56. The molecule has 1 aliphatic rings.